The Morgan fingerprint density at radius 2 is 2.00 bits per heavy atom. The van der Waals surface area contributed by atoms with Crippen molar-refractivity contribution >= 4 is 17.5 Å². The minimum atomic E-state index is 0.106. The first kappa shape index (κ1) is 14.5. The number of carbonyl (C=O) groups is 1. The summed E-state index contributed by atoms with van der Waals surface area (Å²) >= 11 is 6.19. The highest BCUT2D eigenvalue weighted by Gasteiger charge is 2.22. The Labute approximate surface area is 128 Å². The molecule has 114 valence electrons. The fraction of sp³-hybridized carbons (Fsp3) is 0.533. The van der Waals surface area contributed by atoms with Gasteiger partial charge >= 0.3 is 0 Å². The quantitative estimate of drug-likeness (QED) is 0.901. The van der Waals surface area contributed by atoms with E-state index in [2.05, 4.69) is 0 Å². The molecule has 0 atom stereocenters. The van der Waals surface area contributed by atoms with Crippen molar-refractivity contribution in [2.45, 2.75) is 25.3 Å². The third-order valence-electron chi connectivity index (χ3n) is 3.90. The molecule has 6 heteroatoms. The van der Waals surface area contributed by atoms with Crippen LogP contribution in [-0.4, -0.2) is 43.2 Å². The van der Waals surface area contributed by atoms with Gasteiger partial charge in [0, 0.05) is 19.1 Å². The van der Waals surface area contributed by atoms with Gasteiger partial charge in [0.2, 0.25) is 5.91 Å². The maximum Gasteiger partial charge on any atom is 0.226 e. The van der Waals surface area contributed by atoms with Gasteiger partial charge in [-0.05, 0) is 30.5 Å². The van der Waals surface area contributed by atoms with E-state index in [1.807, 2.05) is 11.0 Å². The Hall–Kier alpha value is -1.46. The average Bonchev–Trinajstić information content (AvgIpc) is 2.48. The molecule has 1 amide bonds. The largest absolute Gasteiger partial charge is 0.486 e. The van der Waals surface area contributed by atoms with Gasteiger partial charge in [-0.2, -0.15) is 0 Å². The van der Waals surface area contributed by atoms with E-state index < -0.39 is 0 Å². The second-order valence-corrected chi connectivity index (χ2v) is 5.90. The summed E-state index contributed by atoms with van der Waals surface area (Å²) in [6.07, 6.45) is 2.06. The summed E-state index contributed by atoms with van der Waals surface area (Å²) in [5.74, 6) is 1.30. The number of likely N-dealkylation sites (tertiary alicyclic amines) is 1. The standard InChI is InChI=1S/C15H19ClN2O3/c16-12-7-10(8-13-15(12)21-6-5-20-13)9-14(19)18-3-1-11(17)2-4-18/h7-8,11H,1-6,9,17H2. The molecule has 1 aromatic carbocycles. The van der Waals surface area contributed by atoms with Crippen molar-refractivity contribution in [3.63, 3.8) is 0 Å². The van der Waals surface area contributed by atoms with Crippen LogP contribution in [0.1, 0.15) is 18.4 Å². The molecule has 0 unspecified atom stereocenters. The maximum absolute atomic E-state index is 12.3. The van der Waals surface area contributed by atoms with Gasteiger partial charge in [0.25, 0.3) is 0 Å². The molecule has 21 heavy (non-hydrogen) atoms. The molecule has 1 saturated heterocycles. The first-order valence-corrected chi connectivity index (χ1v) is 7.62. The number of fused-ring (bicyclic) bond motifs is 1. The first-order chi connectivity index (χ1) is 10.1. The number of halogens is 1. The van der Waals surface area contributed by atoms with Crippen LogP contribution in [0.15, 0.2) is 12.1 Å². The highest BCUT2D eigenvalue weighted by atomic mass is 35.5. The van der Waals surface area contributed by atoms with Gasteiger partial charge in [-0.3, -0.25) is 4.79 Å². The summed E-state index contributed by atoms with van der Waals surface area (Å²) in [5.41, 5.74) is 6.71. The topological polar surface area (TPSA) is 64.8 Å². The molecular weight excluding hydrogens is 292 g/mol. The van der Waals surface area contributed by atoms with Gasteiger partial charge in [-0.15, -0.1) is 0 Å². The van der Waals surface area contributed by atoms with Crippen LogP contribution in [0.3, 0.4) is 0 Å². The van der Waals surface area contributed by atoms with Gasteiger partial charge in [-0.1, -0.05) is 11.6 Å². The van der Waals surface area contributed by atoms with E-state index in [-0.39, 0.29) is 11.9 Å². The lowest BCUT2D eigenvalue weighted by atomic mass is 10.0. The predicted octanol–water partition coefficient (Wildman–Crippen LogP) is 1.60. The molecule has 1 aromatic rings. The number of carbonyl (C=O) groups excluding carboxylic acids is 1. The van der Waals surface area contributed by atoms with Crippen LogP contribution in [0.2, 0.25) is 5.02 Å². The van der Waals surface area contributed by atoms with E-state index in [4.69, 9.17) is 26.8 Å². The SMILES string of the molecule is NC1CCN(C(=O)Cc2cc(Cl)c3c(c2)OCCO3)CC1. The van der Waals surface area contributed by atoms with Crippen molar-refractivity contribution < 1.29 is 14.3 Å². The van der Waals surface area contributed by atoms with Crippen LogP contribution in [0, 0.1) is 0 Å². The third-order valence-corrected chi connectivity index (χ3v) is 4.19. The van der Waals surface area contributed by atoms with E-state index in [0.29, 0.717) is 36.2 Å². The van der Waals surface area contributed by atoms with E-state index in [9.17, 15) is 4.79 Å². The lowest BCUT2D eigenvalue weighted by molar-refractivity contribution is -0.131. The molecule has 0 saturated carbocycles. The molecule has 3 rings (SSSR count). The Kier molecular flexibility index (Phi) is 4.22. The van der Waals surface area contributed by atoms with Gasteiger partial charge in [0.1, 0.15) is 13.2 Å². The average molecular weight is 311 g/mol. The zero-order chi connectivity index (χ0) is 14.8. The van der Waals surface area contributed by atoms with E-state index in [1.165, 1.54) is 0 Å². The highest BCUT2D eigenvalue weighted by Crippen LogP contribution is 2.38. The van der Waals surface area contributed by atoms with Crippen LogP contribution in [0.25, 0.3) is 0 Å². The number of ether oxygens (including phenoxy) is 2. The van der Waals surface area contributed by atoms with Crippen LogP contribution < -0.4 is 15.2 Å². The van der Waals surface area contributed by atoms with Gasteiger partial charge in [0.15, 0.2) is 11.5 Å². The molecule has 5 nitrogen and oxygen atoms in total. The van der Waals surface area contributed by atoms with E-state index >= 15 is 0 Å². The Morgan fingerprint density at radius 1 is 1.29 bits per heavy atom. The molecule has 2 N–H and O–H groups in total. The van der Waals surface area contributed by atoms with E-state index in [0.717, 1.165) is 31.5 Å². The van der Waals surface area contributed by atoms with Crippen LogP contribution in [-0.2, 0) is 11.2 Å². The van der Waals surface area contributed by atoms with Gasteiger partial charge < -0.3 is 20.1 Å². The fourth-order valence-corrected chi connectivity index (χ4v) is 2.99. The van der Waals surface area contributed by atoms with Crippen LogP contribution in [0.5, 0.6) is 11.5 Å². The van der Waals surface area contributed by atoms with Crippen molar-refractivity contribution in [2.24, 2.45) is 5.73 Å². The van der Waals surface area contributed by atoms with Crippen molar-refractivity contribution in [3.8, 4) is 11.5 Å². The monoisotopic (exact) mass is 310 g/mol. The summed E-state index contributed by atoms with van der Waals surface area (Å²) in [5, 5.41) is 0.496. The van der Waals surface area contributed by atoms with Crippen LogP contribution in [0.4, 0.5) is 0 Å². The third kappa shape index (κ3) is 3.24. The second kappa shape index (κ2) is 6.12. The highest BCUT2D eigenvalue weighted by molar-refractivity contribution is 6.32. The number of piperidine rings is 1. The van der Waals surface area contributed by atoms with Crippen molar-refractivity contribution in [2.75, 3.05) is 26.3 Å². The second-order valence-electron chi connectivity index (χ2n) is 5.50. The summed E-state index contributed by atoms with van der Waals surface area (Å²) < 4.78 is 11.0. The number of rotatable bonds is 2. The number of hydrogen-bond donors (Lipinski definition) is 1. The molecular formula is C15H19ClN2O3. The predicted molar refractivity (Wildman–Crippen MR) is 79.9 cm³/mol. The van der Waals surface area contributed by atoms with Crippen LogP contribution >= 0.6 is 11.6 Å². The number of amides is 1. The summed E-state index contributed by atoms with van der Waals surface area (Å²) in [4.78, 5) is 14.2. The number of hydrogen-bond acceptors (Lipinski definition) is 4. The zero-order valence-electron chi connectivity index (χ0n) is 11.8. The summed E-state index contributed by atoms with van der Waals surface area (Å²) in [7, 11) is 0. The van der Waals surface area contributed by atoms with Gasteiger partial charge in [-0.25, -0.2) is 0 Å². The normalized spacial score (nSPS) is 18.7. The maximum atomic E-state index is 12.3. The molecule has 0 radical (unpaired) electrons. The Balaban J connectivity index is 1.70. The van der Waals surface area contributed by atoms with E-state index in [1.54, 1.807) is 6.07 Å². The lowest BCUT2D eigenvalue weighted by Crippen LogP contribution is -2.43. The smallest absolute Gasteiger partial charge is 0.226 e. The molecule has 0 bridgehead atoms. The van der Waals surface area contributed by atoms with Crippen molar-refractivity contribution in [3.05, 3.63) is 22.7 Å². The zero-order valence-corrected chi connectivity index (χ0v) is 12.6. The minimum absolute atomic E-state index is 0.106. The van der Waals surface area contributed by atoms with Crippen molar-refractivity contribution in [1.29, 1.82) is 0 Å². The number of nitrogens with zero attached hydrogens (tertiary/aromatic N) is 1. The molecule has 0 aromatic heterocycles. The molecule has 0 spiro atoms. The summed E-state index contributed by atoms with van der Waals surface area (Å²) in [6, 6.07) is 3.84. The molecule has 2 heterocycles. The number of benzene rings is 1. The Morgan fingerprint density at radius 3 is 2.76 bits per heavy atom. The lowest BCUT2D eigenvalue weighted by Gasteiger charge is -2.30. The summed E-state index contributed by atoms with van der Waals surface area (Å²) in [6.45, 7) is 2.47. The minimum Gasteiger partial charge on any atom is -0.486 e. The molecule has 0 aliphatic carbocycles. The number of nitrogens with two attached hydrogens (primary N) is 1. The van der Waals surface area contributed by atoms with Gasteiger partial charge in [0.05, 0.1) is 11.4 Å². The molecule has 2 aliphatic rings. The fourth-order valence-electron chi connectivity index (χ4n) is 2.70. The van der Waals surface area contributed by atoms with Crippen molar-refractivity contribution in [1.82, 2.24) is 4.90 Å². The molecule has 1 fully saturated rings. The molecule has 2 aliphatic heterocycles. The first-order valence-electron chi connectivity index (χ1n) is 7.25. The Bertz CT molecular complexity index is 542.